The zero-order valence-electron chi connectivity index (χ0n) is 10.4. The summed E-state index contributed by atoms with van der Waals surface area (Å²) in [6.45, 7) is 3.68. The highest BCUT2D eigenvalue weighted by atomic mass is 32.2. The lowest BCUT2D eigenvalue weighted by molar-refractivity contribution is 0.0952. The van der Waals surface area contributed by atoms with Crippen LogP contribution in [0.4, 0.5) is 5.13 Å². The summed E-state index contributed by atoms with van der Waals surface area (Å²) in [4.78, 5) is 11.8. The fraction of sp³-hybridized carbons (Fsp3) is 0.727. The van der Waals surface area contributed by atoms with E-state index in [4.69, 9.17) is 0 Å². The van der Waals surface area contributed by atoms with Crippen LogP contribution in [0, 0.1) is 0 Å². The van der Waals surface area contributed by atoms with E-state index in [0.717, 1.165) is 24.6 Å². The van der Waals surface area contributed by atoms with Crippen LogP contribution in [0.2, 0.25) is 0 Å². The second-order valence-electron chi connectivity index (χ2n) is 4.18. The lowest BCUT2D eigenvalue weighted by atomic mass is 10.2. The lowest BCUT2D eigenvalue weighted by Gasteiger charge is -2.08. The average molecular weight is 286 g/mol. The molecule has 0 aromatic carbocycles. The minimum absolute atomic E-state index is 0.107. The molecule has 2 heterocycles. The Morgan fingerprint density at radius 3 is 3.11 bits per heavy atom. The zero-order chi connectivity index (χ0) is 12.8. The van der Waals surface area contributed by atoms with E-state index in [9.17, 15) is 4.79 Å². The number of hydrogen-bond acceptors (Lipinski definition) is 6. The molecular weight excluding hydrogens is 268 g/mol. The molecule has 1 saturated heterocycles. The summed E-state index contributed by atoms with van der Waals surface area (Å²) in [6.07, 6.45) is 3.49. The minimum atomic E-state index is -0.107. The molecule has 0 bridgehead atoms. The van der Waals surface area contributed by atoms with E-state index in [-0.39, 0.29) is 5.91 Å². The van der Waals surface area contributed by atoms with Crippen LogP contribution in [-0.4, -0.2) is 40.2 Å². The molecule has 1 aromatic heterocycles. The molecule has 2 N–H and O–H groups in total. The van der Waals surface area contributed by atoms with Gasteiger partial charge in [-0.2, -0.15) is 11.8 Å². The second kappa shape index (κ2) is 6.94. The van der Waals surface area contributed by atoms with Crippen molar-refractivity contribution in [1.29, 1.82) is 0 Å². The zero-order valence-corrected chi connectivity index (χ0v) is 12.1. The fourth-order valence-electron chi connectivity index (χ4n) is 1.71. The van der Waals surface area contributed by atoms with Crippen LogP contribution in [-0.2, 0) is 0 Å². The number of aromatic nitrogens is 2. The summed E-state index contributed by atoms with van der Waals surface area (Å²) in [5, 5.41) is 15.6. The van der Waals surface area contributed by atoms with Gasteiger partial charge in [-0.25, -0.2) is 0 Å². The van der Waals surface area contributed by atoms with E-state index in [1.165, 1.54) is 29.9 Å². The first-order chi connectivity index (χ1) is 8.79. The summed E-state index contributed by atoms with van der Waals surface area (Å²) >= 11 is 3.25. The smallest absolute Gasteiger partial charge is 0.282 e. The first kappa shape index (κ1) is 13.6. The van der Waals surface area contributed by atoms with E-state index in [1.807, 2.05) is 11.8 Å². The lowest BCUT2D eigenvalue weighted by Crippen LogP contribution is -2.29. The van der Waals surface area contributed by atoms with E-state index in [0.29, 0.717) is 10.3 Å². The maximum atomic E-state index is 11.8. The predicted molar refractivity (Wildman–Crippen MR) is 76.5 cm³/mol. The van der Waals surface area contributed by atoms with Crippen LogP contribution < -0.4 is 10.6 Å². The first-order valence-electron chi connectivity index (χ1n) is 6.26. The molecule has 18 heavy (non-hydrogen) atoms. The number of hydrogen-bond donors (Lipinski definition) is 2. The maximum absolute atomic E-state index is 11.8. The monoisotopic (exact) mass is 286 g/mol. The molecule has 2 rings (SSSR count). The number of amides is 1. The van der Waals surface area contributed by atoms with Crippen LogP contribution in [0.25, 0.3) is 0 Å². The maximum Gasteiger partial charge on any atom is 0.282 e. The number of nitrogens with zero attached hydrogens (tertiary/aromatic N) is 2. The van der Waals surface area contributed by atoms with E-state index >= 15 is 0 Å². The Labute approximate surface area is 115 Å². The van der Waals surface area contributed by atoms with E-state index in [1.54, 1.807) is 0 Å². The van der Waals surface area contributed by atoms with Crippen molar-refractivity contribution in [3.63, 3.8) is 0 Å². The molecule has 1 aromatic rings. The molecule has 0 radical (unpaired) electrons. The number of carbonyl (C=O) groups is 1. The topological polar surface area (TPSA) is 66.9 Å². The molecule has 100 valence electrons. The van der Waals surface area contributed by atoms with Crippen molar-refractivity contribution in [3.8, 4) is 0 Å². The van der Waals surface area contributed by atoms with Crippen LogP contribution in [0.3, 0.4) is 0 Å². The molecule has 1 unspecified atom stereocenters. The van der Waals surface area contributed by atoms with Gasteiger partial charge in [0.2, 0.25) is 10.1 Å². The SMILES string of the molecule is CCCNc1nnc(C(=O)NCC2CCCS2)s1. The number of rotatable bonds is 6. The molecule has 0 spiro atoms. The van der Waals surface area contributed by atoms with Gasteiger partial charge in [0, 0.05) is 18.3 Å². The van der Waals surface area contributed by atoms with Gasteiger partial charge >= 0.3 is 0 Å². The Morgan fingerprint density at radius 2 is 2.39 bits per heavy atom. The fourth-order valence-corrected chi connectivity index (χ4v) is 3.59. The van der Waals surface area contributed by atoms with Crippen LogP contribution in [0.5, 0.6) is 0 Å². The highest BCUT2D eigenvalue weighted by Crippen LogP contribution is 2.25. The highest BCUT2D eigenvalue weighted by molar-refractivity contribution is 8.00. The molecular formula is C11H18N4OS2. The van der Waals surface area contributed by atoms with E-state index < -0.39 is 0 Å². The highest BCUT2D eigenvalue weighted by Gasteiger charge is 2.18. The Balaban J connectivity index is 1.78. The largest absolute Gasteiger partial charge is 0.360 e. The normalized spacial score (nSPS) is 18.8. The van der Waals surface area contributed by atoms with Gasteiger partial charge in [-0.3, -0.25) is 4.79 Å². The molecule has 5 nitrogen and oxygen atoms in total. The number of carbonyl (C=O) groups excluding carboxylic acids is 1. The van der Waals surface area contributed by atoms with Gasteiger partial charge in [-0.1, -0.05) is 18.3 Å². The molecule has 1 aliphatic heterocycles. The predicted octanol–water partition coefficient (Wildman–Crippen LogP) is 1.99. The Hall–Kier alpha value is -0.820. The average Bonchev–Trinajstić information content (AvgIpc) is 3.04. The van der Waals surface area contributed by atoms with Crippen molar-refractivity contribution in [3.05, 3.63) is 5.01 Å². The molecule has 0 aliphatic carbocycles. The Bertz CT molecular complexity index is 390. The summed E-state index contributed by atoms with van der Waals surface area (Å²) < 4.78 is 0. The third-order valence-corrected chi connectivity index (χ3v) is 4.94. The van der Waals surface area contributed by atoms with Gasteiger partial charge in [0.1, 0.15) is 0 Å². The van der Waals surface area contributed by atoms with Crippen molar-refractivity contribution in [1.82, 2.24) is 15.5 Å². The summed E-state index contributed by atoms with van der Waals surface area (Å²) in [6, 6.07) is 0. The standard InChI is InChI=1S/C11H18N4OS2/c1-2-5-12-11-15-14-10(18-11)9(16)13-7-8-4-3-6-17-8/h8H,2-7H2,1H3,(H,12,15)(H,13,16). The number of anilines is 1. The molecule has 1 atom stereocenters. The second-order valence-corrected chi connectivity index (χ2v) is 6.57. The first-order valence-corrected chi connectivity index (χ1v) is 8.13. The minimum Gasteiger partial charge on any atom is -0.360 e. The molecule has 1 fully saturated rings. The summed E-state index contributed by atoms with van der Waals surface area (Å²) in [7, 11) is 0. The van der Waals surface area contributed by atoms with Crippen molar-refractivity contribution < 1.29 is 4.79 Å². The molecule has 7 heteroatoms. The number of thioether (sulfide) groups is 1. The van der Waals surface area contributed by atoms with Gasteiger partial charge in [0.25, 0.3) is 5.91 Å². The molecule has 0 saturated carbocycles. The van der Waals surface area contributed by atoms with Crippen molar-refractivity contribution >= 4 is 34.1 Å². The van der Waals surface area contributed by atoms with Gasteiger partial charge in [0.15, 0.2) is 0 Å². The van der Waals surface area contributed by atoms with E-state index in [2.05, 4.69) is 27.8 Å². The summed E-state index contributed by atoms with van der Waals surface area (Å²) in [5.41, 5.74) is 0. The third kappa shape index (κ3) is 3.84. The van der Waals surface area contributed by atoms with Crippen molar-refractivity contribution in [2.24, 2.45) is 0 Å². The Kier molecular flexibility index (Phi) is 5.25. The molecule has 1 aliphatic rings. The third-order valence-electron chi connectivity index (χ3n) is 2.66. The quantitative estimate of drug-likeness (QED) is 0.837. The van der Waals surface area contributed by atoms with Crippen molar-refractivity contribution in [2.75, 3.05) is 24.2 Å². The van der Waals surface area contributed by atoms with Crippen LogP contribution in [0.1, 0.15) is 36.0 Å². The van der Waals surface area contributed by atoms with Crippen LogP contribution in [0.15, 0.2) is 0 Å². The van der Waals surface area contributed by atoms with Crippen molar-refractivity contribution in [2.45, 2.75) is 31.4 Å². The van der Waals surface area contributed by atoms with Gasteiger partial charge in [0.05, 0.1) is 0 Å². The number of nitrogens with one attached hydrogen (secondary N) is 2. The van der Waals surface area contributed by atoms with Gasteiger partial charge in [-0.05, 0) is 25.0 Å². The molecule has 1 amide bonds. The van der Waals surface area contributed by atoms with Gasteiger partial charge in [-0.15, -0.1) is 10.2 Å². The summed E-state index contributed by atoms with van der Waals surface area (Å²) in [5.74, 6) is 1.11. The van der Waals surface area contributed by atoms with Gasteiger partial charge < -0.3 is 10.6 Å². The van der Waals surface area contributed by atoms with Crippen LogP contribution >= 0.6 is 23.1 Å². The Morgan fingerprint density at radius 1 is 1.50 bits per heavy atom.